The van der Waals surface area contributed by atoms with Crippen LogP contribution in [0.2, 0.25) is 5.04 Å². The molecule has 0 aliphatic rings. The molecule has 0 fully saturated rings. The third kappa shape index (κ3) is 3.73. The third-order valence-electron chi connectivity index (χ3n) is 5.78. The summed E-state index contributed by atoms with van der Waals surface area (Å²) in [7, 11) is -1.36. The predicted molar refractivity (Wildman–Crippen MR) is 127 cm³/mol. The molecule has 1 heterocycles. The largest absolute Gasteiger partial charge is 0.534 e. The average Bonchev–Trinajstić information content (AvgIpc) is 3.09. The van der Waals surface area contributed by atoms with Crippen LogP contribution in [-0.2, 0) is 6.18 Å². The zero-order chi connectivity index (χ0) is 23.1. The van der Waals surface area contributed by atoms with Crippen LogP contribution in [0.3, 0.4) is 0 Å². The van der Waals surface area contributed by atoms with Crippen molar-refractivity contribution < 1.29 is 17.6 Å². The zero-order valence-corrected chi connectivity index (χ0v) is 19.4. The van der Waals surface area contributed by atoms with Crippen LogP contribution in [-0.4, -0.2) is 26.0 Å². The summed E-state index contributed by atoms with van der Waals surface area (Å²) in [5, 5.41) is 5.71. The second-order valence-electron chi connectivity index (χ2n) is 8.91. The van der Waals surface area contributed by atoms with Crippen LogP contribution in [0.15, 0.2) is 78.9 Å². The molecule has 0 bridgehead atoms. The molecular weight excluding hydrogens is 428 g/mol. The Balaban J connectivity index is 1.93. The van der Waals surface area contributed by atoms with Crippen molar-refractivity contribution in [2.45, 2.75) is 32.0 Å². The van der Waals surface area contributed by atoms with Crippen molar-refractivity contribution in [1.82, 2.24) is 9.69 Å². The summed E-state index contributed by atoms with van der Waals surface area (Å²) in [6, 6.07) is 25.0. The van der Waals surface area contributed by atoms with Gasteiger partial charge in [-0.3, -0.25) is 0 Å². The first kappa shape index (κ1) is 22.2. The molecule has 0 saturated heterocycles. The lowest BCUT2D eigenvalue weighted by molar-refractivity contribution is -0.140. The molecule has 0 saturated carbocycles. The quantitative estimate of drug-likeness (QED) is 0.430. The van der Waals surface area contributed by atoms with Crippen molar-refractivity contribution in [2.75, 3.05) is 0 Å². The average molecular weight is 452 g/mol. The fourth-order valence-electron chi connectivity index (χ4n) is 4.34. The molecule has 4 rings (SSSR count). The minimum absolute atomic E-state index is 0.0646. The predicted octanol–water partition coefficient (Wildman–Crippen LogP) is 4.39. The zero-order valence-electron chi connectivity index (χ0n) is 18.4. The van der Waals surface area contributed by atoms with Crippen LogP contribution < -0.4 is 14.8 Å². The van der Waals surface area contributed by atoms with E-state index >= 15 is 0 Å². The molecule has 3 aromatic carbocycles. The summed E-state index contributed by atoms with van der Waals surface area (Å²) in [5.74, 6) is 0.531. The summed E-state index contributed by atoms with van der Waals surface area (Å²) >= 11 is 0. The second kappa shape index (κ2) is 7.85. The van der Waals surface area contributed by atoms with Crippen molar-refractivity contribution in [3.05, 3.63) is 84.6 Å². The Morgan fingerprint density at radius 3 is 1.84 bits per heavy atom. The summed E-state index contributed by atoms with van der Waals surface area (Å²) in [5.41, 5.74) is -0.500. The Bertz CT molecular complexity index is 1200. The van der Waals surface area contributed by atoms with Gasteiger partial charge >= 0.3 is 14.5 Å². The molecule has 0 N–H and O–H groups in total. The molecule has 32 heavy (non-hydrogen) atoms. The van der Waals surface area contributed by atoms with E-state index < -0.39 is 20.2 Å². The first-order valence-electron chi connectivity index (χ1n) is 10.4. The van der Waals surface area contributed by atoms with Gasteiger partial charge in [-0.05, 0) is 27.5 Å². The van der Waals surface area contributed by atoms with Gasteiger partial charge in [0.25, 0.3) is 0 Å². The molecule has 0 spiro atoms. The number of hydrogen-bond donors (Lipinski definition) is 0. The van der Waals surface area contributed by atoms with E-state index in [9.17, 15) is 13.2 Å². The lowest BCUT2D eigenvalue weighted by Gasteiger charge is -2.43. The lowest BCUT2D eigenvalue weighted by atomic mass is 10.2. The number of fused-ring (bicyclic) bond motifs is 1. The maximum atomic E-state index is 13.4. The van der Waals surface area contributed by atoms with Gasteiger partial charge in [0.05, 0.1) is 5.52 Å². The van der Waals surface area contributed by atoms with Crippen LogP contribution in [0.5, 0.6) is 5.75 Å². The van der Waals surface area contributed by atoms with Crippen LogP contribution in [0, 0.1) is 0 Å². The summed E-state index contributed by atoms with van der Waals surface area (Å²) < 4.78 is 48.4. The van der Waals surface area contributed by atoms with E-state index in [-0.39, 0.29) is 10.4 Å². The summed E-state index contributed by atoms with van der Waals surface area (Å²) in [4.78, 5) is 0. The molecule has 0 aliphatic carbocycles. The van der Waals surface area contributed by atoms with Crippen molar-refractivity contribution in [1.29, 1.82) is 0 Å². The van der Waals surface area contributed by atoms with Crippen LogP contribution in [0.4, 0.5) is 13.2 Å². The monoisotopic (exact) mass is 452 g/mol. The van der Waals surface area contributed by atoms with Crippen LogP contribution in [0.1, 0.15) is 26.5 Å². The van der Waals surface area contributed by atoms with E-state index in [1.54, 1.807) is 12.1 Å². The van der Waals surface area contributed by atoms with Crippen LogP contribution in [0.25, 0.3) is 10.9 Å². The minimum atomic E-state index is -4.51. The number of nitrogens with zero attached hydrogens (tertiary/aromatic N) is 2. The Hall–Kier alpha value is -3.00. The molecule has 0 radical (unpaired) electrons. The first-order valence-corrected chi connectivity index (χ1v) is 12.3. The molecule has 0 atom stereocenters. The van der Waals surface area contributed by atoms with Gasteiger partial charge < -0.3 is 9.02 Å². The SMILES string of the molecule is Bn1nc(C(F)(F)F)c2ccc(O[Si](c3ccccc3)(c3ccccc3)C(C)(C)C)cc21. The van der Waals surface area contributed by atoms with Gasteiger partial charge in [0.1, 0.15) is 5.75 Å². The van der Waals surface area contributed by atoms with Crippen molar-refractivity contribution in [2.24, 2.45) is 0 Å². The van der Waals surface area contributed by atoms with Gasteiger partial charge in [-0.1, -0.05) is 81.4 Å². The van der Waals surface area contributed by atoms with Gasteiger partial charge in [0, 0.05) is 11.5 Å². The standard InChI is InChI=1S/C24H24BF3N2OSi/c1-23(2,3)32(18-10-6-4-7-11-18,19-12-8-5-9-13-19)31-17-14-15-20-21(16-17)30(25)29-22(20)24(26,27)28/h4-16H,25H2,1-3H3. The normalized spacial score (nSPS) is 12.8. The number of benzene rings is 3. The highest BCUT2D eigenvalue weighted by Crippen LogP contribution is 2.39. The highest BCUT2D eigenvalue weighted by Gasteiger charge is 2.52. The molecule has 4 aromatic rings. The minimum Gasteiger partial charge on any atom is -0.534 e. The van der Waals surface area contributed by atoms with Crippen molar-refractivity contribution in [3.63, 3.8) is 0 Å². The van der Waals surface area contributed by atoms with Gasteiger partial charge in [-0.2, -0.15) is 18.3 Å². The van der Waals surface area contributed by atoms with Crippen LogP contribution >= 0.6 is 0 Å². The second-order valence-corrected chi connectivity index (χ2v) is 13.1. The molecule has 164 valence electrons. The van der Waals surface area contributed by atoms with Crippen molar-refractivity contribution in [3.8, 4) is 5.75 Å². The third-order valence-corrected chi connectivity index (χ3v) is 10.7. The highest BCUT2D eigenvalue weighted by molar-refractivity contribution is 7.00. The van der Waals surface area contributed by atoms with Gasteiger partial charge in [0.2, 0.25) is 7.98 Å². The molecule has 0 aliphatic heterocycles. The first-order chi connectivity index (χ1) is 15.0. The van der Waals surface area contributed by atoms with Crippen molar-refractivity contribution >= 4 is 37.6 Å². The molecule has 0 amide bonds. The van der Waals surface area contributed by atoms with Gasteiger partial charge in [-0.25, -0.2) is 0 Å². The number of aromatic nitrogens is 2. The van der Waals surface area contributed by atoms with E-state index in [1.807, 2.05) is 36.4 Å². The number of halogens is 3. The fourth-order valence-corrected chi connectivity index (χ4v) is 8.75. The fraction of sp³-hybridized carbons (Fsp3) is 0.208. The Morgan fingerprint density at radius 1 is 0.844 bits per heavy atom. The number of hydrogen-bond acceptors (Lipinski definition) is 2. The summed E-state index contributed by atoms with van der Waals surface area (Å²) in [6.07, 6.45) is -4.51. The molecule has 0 unspecified atom stereocenters. The maximum absolute atomic E-state index is 13.4. The van der Waals surface area contributed by atoms with E-state index in [1.165, 1.54) is 18.6 Å². The number of alkyl halides is 3. The van der Waals surface area contributed by atoms with E-state index in [0.29, 0.717) is 11.3 Å². The smallest absolute Gasteiger partial charge is 0.435 e. The Morgan fingerprint density at radius 2 is 1.38 bits per heavy atom. The van der Waals surface area contributed by atoms with E-state index in [2.05, 4.69) is 50.1 Å². The van der Waals surface area contributed by atoms with Gasteiger partial charge in [0.15, 0.2) is 5.69 Å². The highest BCUT2D eigenvalue weighted by atomic mass is 28.4. The molecule has 1 aromatic heterocycles. The molecular formula is C24H24BF3N2OSi. The maximum Gasteiger partial charge on any atom is 0.435 e. The molecule has 8 heteroatoms. The Kier molecular flexibility index (Phi) is 5.45. The van der Waals surface area contributed by atoms with Gasteiger partial charge in [-0.15, -0.1) is 0 Å². The lowest BCUT2D eigenvalue weighted by Crippen LogP contribution is -2.68. The topological polar surface area (TPSA) is 27.1 Å². The number of rotatable bonds is 4. The molecule has 3 nitrogen and oxygen atoms in total. The van der Waals surface area contributed by atoms with E-state index in [0.717, 1.165) is 10.4 Å². The van der Waals surface area contributed by atoms with E-state index in [4.69, 9.17) is 4.43 Å². The Labute approximate surface area is 187 Å². The summed E-state index contributed by atoms with van der Waals surface area (Å²) in [6.45, 7) is 6.47.